The lowest BCUT2D eigenvalue weighted by Gasteiger charge is -2.26. The van der Waals surface area contributed by atoms with Crippen LogP contribution in [0.4, 0.5) is 5.69 Å². The van der Waals surface area contributed by atoms with Gasteiger partial charge in [0.2, 0.25) is 11.8 Å². The molecular weight excluding hydrogens is 328 g/mol. The van der Waals surface area contributed by atoms with Crippen LogP contribution in [-0.2, 0) is 16.1 Å². The van der Waals surface area contributed by atoms with E-state index in [-0.39, 0.29) is 18.4 Å². The van der Waals surface area contributed by atoms with Crippen molar-refractivity contribution >= 4 is 17.5 Å². The first-order valence-corrected chi connectivity index (χ1v) is 8.70. The van der Waals surface area contributed by atoms with Gasteiger partial charge in [0.1, 0.15) is 12.3 Å². The van der Waals surface area contributed by atoms with Crippen LogP contribution in [0.15, 0.2) is 48.5 Å². The van der Waals surface area contributed by atoms with Crippen molar-refractivity contribution in [2.75, 3.05) is 25.1 Å². The molecule has 26 heavy (non-hydrogen) atoms. The molecule has 5 heteroatoms. The van der Waals surface area contributed by atoms with E-state index in [1.165, 1.54) is 6.92 Å². The second kappa shape index (κ2) is 9.04. The lowest BCUT2D eigenvalue weighted by Crippen LogP contribution is -2.42. The van der Waals surface area contributed by atoms with Gasteiger partial charge in [0.05, 0.1) is 7.11 Å². The fourth-order valence-electron chi connectivity index (χ4n) is 2.78. The number of ether oxygens (including phenoxy) is 1. The molecule has 0 saturated heterocycles. The minimum absolute atomic E-state index is 0.0448. The average Bonchev–Trinajstić information content (AvgIpc) is 2.62. The number of nitrogens with zero attached hydrogens (tertiary/aromatic N) is 2. The summed E-state index contributed by atoms with van der Waals surface area (Å²) in [6, 6.07) is 15.3. The predicted octanol–water partition coefficient (Wildman–Crippen LogP) is 3.41. The molecule has 0 aliphatic carbocycles. The van der Waals surface area contributed by atoms with E-state index in [0.29, 0.717) is 13.1 Å². The van der Waals surface area contributed by atoms with Crippen LogP contribution in [-0.4, -0.2) is 36.9 Å². The molecule has 0 atom stereocenters. The van der Waals surface area contributed by atoms with Gasteiger partial charge in [0.15, 0.2) is 0 Å². The number of benzene rings is 2. The summed E-state index contributed by atoms with van der Waals surface area (Å²) < 4.78 is 5.15. The first kappa shape index (κ1) is 19.5. The third-order valence-corrected chi connectivity index (χ3v) is 4.23. The minimum atomic E-state index is -0.130. The first-order chi connectivity index (χ1) is 12.4. The maximum atomic E-state index is 12.8. The maximum Gasteiger partial charge on any atom is 0.246 e. The number of rotatable bonds is 7. The Morgan fingerprint density at radius 2 is 1.77 bits per heavy atom. The van der Waals surface area contributed by atoms with Crippen molar-refractivity contribution in [2.24, 2.45) is 0 Å². The number of amides is 2. The molecule has 0 saturated carbocycles. The van der Waals surface area contributed by atoms with Gasteiger partial charge in [-0.25, -0.2) is 0 Å². The highest BCUT2D eigenvalue weighted by Crippen LogP contribution is 2.17. The number of anilines is 1. The van der Waals surface area contributed by atoms with Crippen LogP contribution in [0.3, 0.4) is 0 Å². The summed E-state index contributed by atoms with van der Waals surface area (Å²) in [5, 5.41) is 0. The van der Waals surface area contributed by atoms with Crippen LogP contribution in [0, 0.1) is 6.92 Å². The van der Waals surface area contributed by atoms with E-state index in [1.54, 1.807) is 16.9 Å². The average molecular weight is 354 g/mol. The topological polar surface area (TPSA) is 49.9 Å². The maximum absolute atomic E-state index is 12.8. The van der Waals surface area contributed by atoms with E-state index in [0.717, 1.165) is 22.6 Å². The number of hydrogen-bond acceptors (Lipinski definition) is 3. The zero-order valence-electron chi connectivity index (χ0n) is 15.9. The second-order valence-electron chi connectivity index (χ2n) is 6.20. The molecule has 0 heterocycles. The van der Waals surface area contributed by atoms with E-state index in [2.05, 4.69) is 0 Å². The summed E-state index contributed by atoms with van der Waals surface area (Å²) in [5.41, 5.74) is 2.90. The van der Waals surface area contributed by atoms with E-state index < -0.39 is 0 Å². The van der Waals surface area contributed by atoms with Gasteiger partial charge in [-0.05, 0) is 49.2 Å². The zero-order chi connectivity index (χ0) is 19.1. The second-order valence-corrected chi connectivity index (χ2v) is 6.20. The molecule has 2 rings (SSSR count). The third-order valence-electron chi connectivity index (χ3n) is 4.23. The zero-order valence-corrected chi connectivity index (χ0v) is 15.9. The molecule has 0 unspecified atom stereocenters. The fraction of sp³-hybridized carbons (Fsp3) is 0.333. The molecule has 0 aliphatic rings. The summed E-state index contributed by atoms with van der Waals surface area (Å²) >= 11 is 0. The summed E-state index contributed by atoms with van der Waals surface area (Å²) in [4.78, 5) is 28.1. The molecule has 0 N–H and O–H groups in total. The normalized spacial score (nSPS) is 10.3. The smallest absolute Gasteiger partial charge is 0.246 e. The molecule has 138 valence electrons. The van der Waals surface area contributed by atoms with Gasteiger partial charge < -0.3 is 14.5 Å². The molecular formula is C21H26N2O3. The standard InChI is InChI=1S/C21H26N2O3/c1-5-23(19-8-6-7-16(2)13-19)21(25)15-22(17(3)24)14-18-9-11-20(26-4)12-10-18/h6-13H,5,14-15H2,1-4H3. The highest BCUT2D eigenvalue weighted by Gasteiger charge is 2.20. The Balaban J connectivity index is 2.11. The Hall–Kier alpha value is -2.82. The van der Waals surface area contributed by atoms with E-state index in [4.69, 9.17) is 4.74 Å². The highest BCUT2D eigenvalue weighted by molar-refractivity contribution is 5.96. The molecule has 0 radical (unpaired) electrons. The van der Waals surface area contributed by atoms with Gasteiger partial charge in [-0.2, -0.15) is 0 Å². The van der Waals surface area contributed by atoms with Crippen LogP contribution in [0.1, 0.15) is 25.0 Å². The fourth-order valence-corrected chi connectivity index (χ4v) is 2.78. The molecule has 2 amide bonds. The van der Waals surface area contributed by atoms with Gasteiger partial charge in [0.25, 0.3) is 0 Å². The van der Waals surface area contributed by atoms with E-state index in [9.17, 15) is 9.59 Å². The lowest BCUT2D eigenvalue weighted by molar-refractivity contribution is -0.134. The van der Waals surface area contributed by atoms with Gasteiger partial charge in [-0.1, -0.05) is 24.3 Å². The predicted molar refractivity (Wildman–Crippen MR) is 103 cm³/mol. The number of hydrogen-bond donors (Lipinski definition) is 0. The molecule has 0 aromatic heterocycles. The Morgan fingerprint density at radius 3 is 2.31 bits per heavy atom. The Bertz CT molecular complexity index is 756. The first-order valence-electron chi connectivity index (χ1n) is 8.70. The number of methoxy groups -OCH3 is 1. The number of carbonyl (C=O) groups excluding carboxylic acids is 2. The highest BCUT2D eigenvalue weighted by atomic mass is 16.5. The van der Waals surface area contributed by atoms with Crippen molar-refractivity contribution in [1.29, 1.82) is 0 Å². The lowest BCUT2D eigenvalue weighted by atomic mass is 10.2. The van der Waals surface area contributed by atoms with Gasteiger partial charge in [0, 0.05) is 25.7 Å². The molecule has 0 bridgehead atoms. The quantitative estimate of drug-likeness (QED) is 0.766. The van der Waals surface area contributed by atoms with Crippen molar-refractivity contribution < 1.29 is 14.3 Å². The SMILES string of the molecule is CCN(C(=O)CN(Cc1ccc(OC)cc1)C(C)=O)c1cccc(C)c1. The number of carbonyl (C=O) groups is 2. The minimum Gasteiger partial charge on any atom is -0.497 e. The molecule has 2 aromatic carbocycles. The van der Waals surface area contributed by atoms with Crippen molar-refractivity contribution in [1.82, 2.24) is 4.90 Å². The molecule has 0 aliphatic heterocycles. The Kier molecular flexibility index (Phi) is 6.78. The molecule has 5 nitrogen and oxygen atoms in total. The largest absolute Gasteiger partial charge is 0.497 e. The van der Waals surface area contributed by atoms with Crippen molar-refractivity contribution in [3.8, 4) is 5.75 Å². The Morgan fingerprint density at radius 1 is 1.08 bits per heavy atom. The summed E-state index contributed by atoms with van der Waals surface area (Å²) in [5.74, 6) is 0.534. The summed E-state index contributed by atoms with van der Waals surface area (Å²) in [6.07, 6.45) is 0. The van der Waals surface area contributed by atoms with Crippen molar-refractivity contribution in [3.63, 3.8) is 0 Å². The van der Waals surface area contributed by atoms with Gasteiger partial charge >= 0.3 is 0 Å². The van der Waals surface area contributed by atoms with E-state index >= 15 is 0 Å². The summed E-state index contributed by atoms with van der Waals surface area (Å²) in [6.45, 7) is 6.39. The van der Waals surface area contributed by atoms with Crippen LogP contribution in [0.2, 0.25) is 0 Å². The number of aryl methyl sites for hydroxylation is 1. The van der Waals surface area contributed by atoms with Gasteiger partial charge in [-0.15, -0.1) is 0 Å². The van der Waals surface area contributed by atoms with Gasteiger partial charge in [-0.3, -0.25) is 9.59 Å². The molecule has 0 fully saturated rings. The van der Waals surface area contributed by atoms with E-state index in [1.807, 2.05) is 62.4 Å². The summed E-state index contributed by atoms with van der Waals surface area (Å²) in [7, 11) is 1.61. The number of likely N-dealkylation sites (N-methyl/N-ethyl adjacent to an activating group) is 1. The monoisotopic (exact) mass is 354 g/mol. The van der Waals surface area contributed by atoms with Crippen LogP contribution < -0.4 is 9.64 Å². The van der Waals surface area contributed by atoms with Crippen LogP contribution >= 0.6 is 0 Å². The van der Waals surface area contributed by atoms with Crippen molar-refractivity contribution in [3.05, 3.63) is 59.7 Å². The Labute approximate surface area is 155 Å². The molecule has 2 aromatic rings. The molecule has 0 spiro atoms. The van der Waals surface area contributed by atoms with Crippen LogP contribution in [0.5, 0.6) is 5.75 Å². The van der Waals surface area contributed by atoms with Crippen LogP contribution in [0.25, 0.3) is 0 Å². The third kappa shape index (κ3) is 5.09. The van der Waals surface area contributed by atoms with Crippen molar-refractivity contribution in [2.45, 2.75) is 27.3 Å².